The fraction of sp³-hybridized carbons (Fsp3) is 0.158. The number of nitrogens with one attached hydrogen (secondary N) is 1. The van der Waals surface area contributed by atoms with Gasteiger partial charge < -0.3 is 10.1 Å². The largest absolute Gasteiger partial charge is 0.480 e. The summed E-state index contributed by atoms with van der Waals surface area (Å²) in [5.74, 6) is 0.420. The van der Waals surface area contributed by atoms with Gasteiger partial charge in [-0.05, 0) is 71.7 Å². The average molecular weight is 400 g/mol. The Hall–Kier alpha value is -2.60. The lowest BCUT2D eigenvalue weighted by molar-refractivity contribution is -0.122. The molecular formula is C19H18BrN3O2. The molecule has 1 heterocycles. The number of anilines is 1. The Morgan fingerprint density at radius 2 is 2.08 bits per heavy atom. The highest BCUT2D eigenvalue weighted by Gasteiger charge is 2.16. The summed E-state index contributed by atoms with van der Waals surface area (Å²) in [5, 5.41) is 7.06. The van der Waals surface area contributed by atoms with Gasteiger partial charge in [-0.1, -0.05) is 12.1 Å². The van der Waals surface area contributed by atoms with Gasteiger partial charge >= 0.3 is 0 Å². The minimum atomic E-state index is -0.632. The molecule has 1 atom stereocenters. The normalized spacial score (nSPS) is 11.8. The lowest BCUT2D eigenvalue weighted by Crippen LogP contribution is -2.30. The van der Waals surface area contributed by atoms with Crippen molar-refractivity contribution in [3.8, 4) is 11.4 Å². The van der Waals surface area contributed by atoms with E-state index in [2.05, 4.69) is 26.3 Å². The first-order chi connectivity index (χ1) is 12.0. The van der Waals surface area contributed by atoms with Crippen LogP contribution in [0.2, 0.25) is 0 Å². The summed E-state index contributed by atoms with van der Waals surface area (Å²) in [6.45, 7) is 3.72. The maximum atomic E-state index is 12.4. The molecular weight excluding hydrogens is 382 g/mol. The molecule has 0 spiro atoms. The molecule has 25 heavy (non-hydrogen) atoms. The van der Waals surface area contributed by atoms with Crippen molar-refractivity contribution < 1.29 is 9.53 Å². The van der Waals surface area contributed by atoms with Gasteiger partial charge in [-0.15, -0.1) is 0 Å². The van der Waals surface area contributed by atoms with Crippen LogP contribution in [0.3, 0.4) is 0 Å². The molecule has 1 N–H and O–H groups in total. The van der Waals surface area contributed by atoms with Crippen molar-refractivity contribution in [3.63, 3.8) is 0 Å². The van der Waals surface area contributed by atoms with Crippen LogP contribution in [0.25, 0.3) is 5.69 Å². The van der Waals surface area contributed by atoms with E-state index in [1.54, 1.807) is 17.8 Å². The summed E-state index contributed by atoms with van der Waals surface area (Å²) in [7, 11) is 0. The SMILES string of the molecule is Cc1ccc(OC(C)C(=O)Nc2cccc(-n3cccn3)c2)c(Br)c1. The monoisotopic (exact) mass is 399 g/mol. The van der Waals surface area contributed by atoms with Gasteiger partial charge in [0, 0.05) is 18.1 Å². The minimum Gasteiger partial charge on any atom is -0.480 e. The molecule has 0 saturated carbocycles. The summed E-state index contributed by atoms with van der Waals surface area (Å²) >= 11 is 3.46. The molecule has 1 aromatic heterocycles. The Labute approximate surface area is 154 Å². The van der Waals surface area contributed by atoms with E-state index < -0.39 is 6.10 Å². The van der Waals surface area contributed by atoms with Gasteiger partial charge in [0.1, 0.15) is 5.75 Å². The number of rotatable bonds is 5. The van der Waals surface area contributed by atoms with Crippen LogP contribution < -0.4 is 10.1 Å². The first kappa shape index (κ1) is 17.2. The van der Waals surface area contributed by atoms with E-state index in [1.807, 2.05) is 61.7 Å². The minimum absolute atomic E-state index is 0.218. The Balaban J connectivity index is 1.68. The molecule has 3 rings (SSSR count). The maximum absolute atomic E-state index is 12.4. The first-order valence-corrected chi connectivity index (χ1v) is 8.66. The van der Waals surface area contributed by atoms with Gasteiger partial charge in [0.25, 0.3) is 5.91 Å². The maximum Gasteiger partial charge on any atom is 0.265 e. The van der Waals surface area contributed by atoms with Crippen molar-refractivity contribution in [2.75, 3.05) is 5.32 Å². The van der Waals surface area contributed by atoms with Crippen LogP contribution in [-0.2, 0) is 4.79 Å². The molecule has 3 aromatic rings. The predicted molar refractivity (Wildman–Crippen MR) is 101 cm³/mol. The van der Waals surface area contributed by atoms with Crippen molar-refractivity contribution in [1.29, 1.82) is 0 Å². The predicted octanol–water partition coefficient (Wildman–Crippen LogP) is 4.35. The summed E-state index contributed by atoms with van der Waals surface area (Å²) in [4.78, 5) is 12.4. The van der Waals surface area contributed by atoms with Crippen molar-refractivity contribution in [1.82, 2.24) is 9.78 Å². The molecule has 0 fully saturated rings. The van der Waals surface area contributed by atoms with Crippen molar-refractivity contribution in [3.05, 3.63) is 71.0 Å². The molecule has 0 radical (unpaired) electrons. The summed E-state index contributed by atoms with van der Waals surface area (Å²) in [6.07, 6.45) is 2.93. The highest BCUT2D eigenvalue weighted by molar-refractivity contribution is 9.10. The summed E-state index contributed by atoms with van der Waals surface area (Å²) in [6, 6.07) is 15.1. The molecule has 0 bridgehead atoms. The van der Waals surface area contributed by atoms with Gasteiger partial charge in [0.05, 0.1) is 10.2 Å². The molecule has 128 valence electrons. The zero-order valence-electron chi connectivity index (χ0n) is 13.9. The van der Waals surface area contributed by atoms with Crippen LogP contribution in [0.5, 0.6) is 5.75 Å². The zero-order chi connectivity index (χ0) is 17.8. The molecule has 5 nitrogen and oxygen atoms in total. The topological polar surface area (TPSA) is 56.1 Å². The second-order valence-electron chi connectivity index (χ2n) is 5.68. The smallest absolute Gasteiger partial charge is 0.265 e. The van der Waals surface area contributed by atoms with Crippen molar-refractivity contribution >= 4 is 27.5 Å². The Morgan fingerprint density at radius 1 is 1.24 bits per heavy atom. The molecule has 1 amide bonds. The summed E-state index contributed by atoms with van der Waals surface area (Å²) in [5.41, 5.74) is 2.68. The highest BCUT2D eigenvalue weighted by Crippen LogP contribution is 2.27. The van der Waals surface area contributed by atoms with E-state index in [-0.39, 0.29) is 5.91 Å². The number of carbonyl (C=O) groups is 1. The van der Waals surface area contributed by atoms with Crippen LogP contribution in [0.15, 0.2) is 65.4 Å². The quantitative estimate of drug-likeness (QED) is 0.693. The lowest BCUT2D eigenvalue weighted by Gasteiger charge is -2.16. The third kappa shape index (κ3) is 4.28. The third-order valence-electron chi connectivity index (χ3n) is 3.64. The molecule has 0 aliphatic rings. The Morgan fingerprint density at radius 3 is 2.80 bits per heavy atom. The average Bonchev–Trinajstić information content (AvgIpc) is 3.12. The molecule has 6 heteroatoms. The second kappa shape index (κ2) is 7.53. The van der Waals surface area contributed by atoms with Crippen LogP contribution in [-0.4, -0.2) is 21.8 Å². The van der Waals surface area contributed by atoms with Gasteiger partial charge in [0.2, 0.25) is 0 Å². The van der Waals surface area contributed by atoms with E-state index >= 15 is 0 Å². The molecule has 2 aromatic carbocycles. The number of benzene rings is 2. The third-order valence-corrected chi connectivity index (χ3v) is 4.26. The van der Waals surface area contributed by atoms with Crippen LogP contribution in [0, 0.1) is 6.92 Å². The number of hydrogen-bond acceptors (Lipinski definition) is 3. The molecule has 0 saturated heterocycles. The molecule has 0 aliphatic heterocycles. The van der Waals surface area contributed by atoms with Crippen molar-refractivity contribution in [2.45, 2.75) is 20.0 Å². The second-order valence-corrected chi connectivity index (χ2v) is 6.54. The van der Waals surface area contributed by atoms with Crippen LogP contribution >= 0.6 is 15.9 Å². The number of aryl methyl sites for hydroxylation is 1. The van der Waals surface area contributed by atoms with E-state index in [0.29, 0.717) is 11.4 Å². The van der Waals surface area contributed by atoms with E-state index in [4.69, 9.17) is 4.74 Å². The molecule has 1 unspecified atom stereocenters. The number of halogens is 1. The van der Waals surface area contributed by atoms with Gasteiger partial charge in [-0.3, -0.25) is 4.79 Å². The fourth-order valence-electron chi connectivity index (χ4n) is 2.34. The fourth-order valence-corrected chi connectivity index (χ4v) is 2.92. The van der Waals surface area contributed by atoms with Crippen LogP contribution in [0.4, 0.5) is 5.69 Å². The number of amides is 1. The van der Waals surface area contributed by atoms with E-state index in [9.17, 15) is 4.79 Å². The highest BCUT2D eigenvalue weighted by atomic mass is 79.9. The zero-order valence-corrected chi connectivity index (χ0v) is 15.5. The first-order valence-electron chi connectivity index (χ1n) is 7.87. The van der Waals surface area contributed by atoms with Crippen LogP contribution in [0.1, 0.15) is 12.5 Å². The Bertz CT molecular complexity index is 878. The lowest BCUT2D eigenvalue weighted by atomic mass is 10.2. The van der Waals surface area contributed by atoms with E-state index in [1.165, 1.54) is 0 Å². The number of hydrogen-bond donors (Lipinski definition) is 1. The Kier molecular flexibility index (Phi) is 5.19. The van der Waals surface area contributed by atoms with Gasteiger partial charge in [-0.2, -0.15) is 5.10 Å². The standard InChI is InChI=1S/C19H18BrN3O2/c1-13-7-8-18(17(20)11-13)25-14(2)19(24)22-15-5-3-6-16(12-15)23-10-4-9-21-23/h3-12,14H,1-2H3,(H,22,24). The van der Waals surface area contributed by atoms with Gasteiger partial charge in [0.15, 0.2) is 6.10 Å². The number of aromatic nitrogens is 2. The van der Waals surface area contributed by atoms with E-state index in [0.717, 1.165) is 15.7 Å². The number of ether oxygens (including phenoxy) is 1. The summed E-state index contributed by atoms with van der Waals surface area (Å²) < 4.78 is 8.32. The number of nitrogens with zero attached hydrogens (tertiary/aromatic N) is 2. The van der Waals surface area contributed by atoms with Gasteiger partial charge in [-0.25, -0.2) is 4.68 Å². The van der Waals surface area contributed by atoms with Crippen molar-refractivity contribution in [2.24, 2.45) is 0 Å². The molecule has 0 aliphatic carbocycles. The number of carbonyl (C=O) groups excluding carboxylic acids is 1.